The Kier molecular flexibility index (Phi) is 5.62. The number of methoxy groups -OCH3 is 1. The number of ether oxygens (including phenoxy) is 2. The molecular weight excluding hydrogens is 358 g/mol. The number of carbonyl (C=O) groups is 1. The Morgan fingerprint density at radius 1 is 1.21 bits per heavy atom. The summed E-state index contributed by atoms with van der Waals surface area (Å²) in [4.78, 5) is 31.9. The molecule has 4 rings (SSSR count). The molecule has 0 bridgehead atoms. The van der Waals surface area contributed by atoms with E-state index < -0.39 is 0 Å². The van der Waals surface area contributed by atoms with Crippen molar-refractivity contribution in [2.45, 2.75) is 32.2 Å². The lowest BCUT2D eigenvalue weighted by molar-refractivity contribution is -0.140. The zero-order chi connectivity index (χ0) is 19.5. The van der Waals surface area contributed by atoms with E-state index in [-0.39, 0.29) is 17.4 Å². The quantitative estimate of drug-likeness (QED) is 0.806. The van der Waals surface area contributed by atoms with Crippen LogP contribution in [0.25, 0.3) is 10.9 Å². The molecule has 0 spiro atoms. The van der Waals surface area contributed by atoms with Crippen LogP contribution in [0.5, 0.6) is 5.75 Å². The van der Waals surface area contributed by atoms with Gasteiger partial charge in [0.1, 0.15) is 5.75 Å². The summed E-state index contributed by atoms with van der Waals surface area (Å²) in [6.45, 7) is 3.57. The van der Waals surface area contributed by atoms with Crippen LogP contribution in [0.15, 0.2) is 29.3 Å². The summed E-state index contributed by atoms with van der Waals surface area (Å²) >= 11 is 0. The monoisotopic (exact) mass is 385 g/mol. The number of piperidine rings is 1. The van der Waals surface area contributed by atoms with Crippen LogP contribution in [0.2, 0.25) is 0 Å². The van der Waals surface area contributed by atoms with Crippen molar-refractivity contribution in [3.8, 4) is 5.75 Å². The summed E-state index contributed by atoms with van der Waals surface area (Å²) in [5, 5.41) is 0.607. The summed E-state index contributed by atoms with van der Waals surface area (Å²) in [5.41, 5.74) is 0.630. The van der Waals surface area contributed by atoms with Crippen molar-refractivity contribution in [2.24, 2.45) is 11.8 Å². The van der Waals surface area contributed by atoms with Crippen LogP contribution >= 0.6 is 0 Å². The van der Waals surface area contributed by atoms with Gasteiger partial charge in [0.05, 0.1) is 24.3 Å². The van der Waals surface area contributed by atoms with Gasteiger partial charge < -0.3 is 14.4 Å². The molecule has 0 N–H and O–H groups in total. The number of nitrogens with zero attached hydrogens (tertiary/aromatic N) is 3. The third kappa shape index (κ3) is 3.90. The molecule has 2 saturated heterocycles. The van der Waals surface area contributed by atoms with Gasteiger partial charge in [-0.1, -0.05) is 0 Å². The fraction of sp³-hybridized carbons (Fsp3) is 0.571. The number of amides is 1. The highest BCUT2D eigenvalue weighted by Crippen LogP contribution is 2.24. The molecule has 0 aliphatic carbocycles. The van der Waals surface area contributed by atoms with Gasteiger partial charge >= 0.3 is 0 Å². The van der Waals surface area contributed by atoms with Gasteiger partial charge in [0.15, 0.2) is 0 Å². The zero-order valence-electron chi connectivity index (χ0n) is 16.3. The molecule has 2 aromatic rings. The molecular formula is C21H27N3O4. The highest BCUT2D eigenvalue weighted by Gasteiger charge is 2.29. The lowest BCUT2D eigenvalue weighted by atomic mass is 9.93. The molecule has 1 aromatic heterocycles. The lowest BCUT2D eigenvalue weighted by Crippen LogP contribution is -2.44. The van der Waals surface area contributed by atoms with Crippen LogP contribution in [0.1, 0.15) is 25.7 Å². The summed E-state index contributed by atoms with van der Waals surface area (Å²) < 4.78 is 12.3. The molecule has 0 saturated carbocycles. The van der Waals surface area contributed by atoms with Gasteiger partial charge in [0, 0.05) is 44.8 Å². The van der Waals surface area contributed by atoms with E-state index in [0.29, 0.717) is 42.3 Å². The molecule has 150 valence electrons. The van der Waals surface area contributed by atoms with E-state index in [1.807, 2.05) is 4.90 Å². The maximum absolute atomic E-state index is 12.8. The Bertz CT molecular complexity index is 896. The van der Waals surface area contributed by atoms with Gasteiger partial charge in [-0.2, -0.15) is 0 Å². The highest BCUT2D eigenvalue weighted by molar-refractivity contribution is 5.79. The van der Waals surface area contributed by atoms with Gasteiger partial charge in [-0.15, -0.1) is 0 Å². The Hall–Kier alpha value is -2.41. The maximum Gasteiger partial charge on any atom is 0.261 e. The number of fused-ring (bicyclic) bond motifs is 1. The minimum absolute atomic E-state index is 0.0200. The van der Waals surface area contributed by atoms with Crippen LogP contribution in [0.3, 0.4) is 0 Å². The molecule has 0 unspecified atom stereocenters. The SMILES string of the molecule is COc1ccc2c(=O)n(CC3CCN(C(=O)C4CCOCC4)CC3)cnc2c1. The molecule has 0 radical (unpaired) electrons. The minimum atomic E-state index is -0.0200. The molecule has 1 amide bonds. The zero-order valence-corrected chi connectivity index (χ0v) is 16.3. The minimum Gasteiger partial charge on any atom is -0.497 e. The molecule has 7 heteroatoms. The molecule has 7 nitrogen and oxygen atoms in total. The number of hydrogen-bond donors (Lipinski definition) is 0. The van der Waals surface area contributed by atoms with Crippen LogP contribution < -0.4 is 10.3 Å². The Morgan fingerprint density at radius 3 is 2.68 bits per heavy atom. The average Bonchev–Trinajstić information content (AvgIpc) is 2.76. The van der Waals surface area contributed by atoms with E-state index in [2.05, 4.69) is 4.98 Å². The fourth-order valence-electron chi connectivity index (χ4n) is 4.21. The number of rotatable bonds is 4. The van der Waals surface area contributed by atoms with Crippen LogP contribution in [-0.2, 0) is 16.1 Å². The molecule has 1 aromatic carbocycles. The van der Waals surface area contributed by atoms with Crippen LogP contribution in [0, 0.1) is 11.8 Å². The lowest BCUT2D eigenvalue weighted by Gasteiger charge is -2.35. The number of aromatic nitrogens is 2. The second kappa shape index (κ2) is 8.31. The molecule has 0 atom stereocenters. The maximum atomic E-state index is 12.8. The normalized spacial score (nSPS) is 19.1. The van der Waals surface area contributed by atoms with Gasteiger partial charge in [0.25, 0.3) is 5.56 Å². The first-order chi connectivity index (χ1) is 13.7. The van der Waals surface area contributed by atoms with Crippen molar-refractivity contribution in [1.29, 1.82) is 0 Å². The van der Waals surface area contributed by atoms with Crippen molar-refractivity contribution in [1.82, 2.24) is 14.5 Å². The average molecular weight is 385 g/mol. The third-order valence-electron chi connectivity index (χ3n) is 5.98. The highest BCUT2D eigenvalue weighted by atomic mass is 16.5. The van der Waals surface area contributed by atoms with Crippen molar-refractivity contribution >= 4 is 16.8 Å². The van der Waals surface area contributed by atoms with Gasteiger partial charge in [-0.05, 0) is 43.7 Å². The second-order valence-corrected chi connectivity index (χ2v) is 7.74. The Labute approximate surface area is 164 Å². The fourth-order valence-corrected chi connectivity index (χ4v) is 4.21. The topological polar surface area (TPSA) is 73.7 Å². The third-order valence-corrected chi connectivity index (χ3v) is 5.98. The second-order valence-electron chi connectivity index (χ2n) is 7.74. The first-order valence-electron chi connectivity index (χ1n) is 10.1. The first kappa shape index (κ1) is 18.9. The van der Waals surface area contributed by atoms with E-state index >= 15 is 0 Å². The summed E-state index contributed by atoms with van der Waals surface area (Å²) in [5.74, 6) is 1.47. The van der Waals surface area contributed by atoms with E-state index in [9.17, 15) is 9.59 Å². The van der Waals surface area contributed by atoms with E-state index in [4.69, 9.17) is 9.47 Å². The smallest absolute Gasteiger partial charge is 0.261 e. The molecule has 28 heavy (non-hydrogen) atoms. The molecule has 2 aliphatic rings. The number of likely N-dealkylation sites (tertiary alicyclic amines) is 1. The molecule has 3 heterocycles. The summed E-state index contributed by atoms with van der Waals surface area (Å²) in [7, 11) is 1.60. The standard InChI is InChI=1S/C21H27N3O4/c1-27-17-2-3-18-19(12-17)22-14-24(21(18)26)13-15-4-8-23(9-5-15)20(25)16-6-10-28-11-7-16/h2-3,12,14-16H,4-11,13H2,1H3. The van der Waals surface area contributed by atoms with Gasteiger partial charge in [-0.3, -0.25) is 14.2 Å². The van der Waals surface area contributed by atoms with Crippen molar-refractivity contribution in [2.75, 3.05) is 33.4 Å². The molecule has 2 aliphatic heterocycles. The number of benzene rings is 1. The van der Waals surface area contributed by atoms with Crippen molar-refractivity contribution < 1.29 is 14.3 Å². The Morgan fingerprint density at radius 2 is 1.96 bits per heavy atom. The number of carbonyl (C=O) groups excluding carboxylic acids is 1. The summed E-state index contributed by atoms with van der Waals surface area (Å²) in [6, 6.07) is 5.34. The first-order valence-corrected chi connectivity index (χ1v) is 10.1. The van der Waals surface area contributed by atoms with Crippen LogP contribution in [-0.4, -0.2) is 53.8 Å². The molecule has 2 fully saturated rings. The van der Waals surface area contributed by atoms with E-state index in [1.54, 1.807) is 36.2 Å². The van der Waals surface area contributed by atoms with Crippen molar-refractivity contribution in [3.05, 3.63) is 34.9 Å². The van der Waals surface area contributed by atoms with Gasteiger partial charge in [0.2, 0.25) is 5.91 Å². The predicted octanol–water partition coefficient (Wildman–Crippen LogP) is 2.07. The largest absolute Gasteiger partial charge is 0.497 e. The Balaban J connectivity index is 1.39. The van der Waals surface area contributed by atoms with Crippen molar-refractivity contribution in [3.63, 3.8) is 0 Å². The summed E-state index contributed by atoms with van der Waals surface area (Å²) in [6.07, 6.45) is 5.14. The van der Waals surface area contributed by atoms with E-state index in [1.165, 1.54) is 0 Å². The predicted molar refractivity (Wildman–Crippen MR) is 105 cm³/mol. The van der Waals surface area contributed by atoms with E-state index in [0.717, 1.165) is 38.8 Å². The van der Waals surface area contributed by atoms with Gasteiger partial charge in [-0.25, -0.2) is 4.98 Å². The van der Waals surface area contributed by atoms with Crippen LogP contribution in [0.4, 0.5) is 0 Å². The number of hydrogen-bond acceptors (Lipinski definition) is 5.